The van der Waals surface area contributed by atoms with Gasteiger partial charge in [0.05, 0.1) is 26.5 Å². The summed E-state index contributed by atoms with van der Waals surface area (Å²) in [5.41, 5.74) is -0.625. The first-order valence-corrected chi connectivity index (χ1v) is 9.65. The molecular formula is C22H30N2O5. The normalized spacial score (nSPS) is 16.9. The summed E-state index contributed by atoms with van der Waals surface area (Å²) in [4.78, 5) is 30.2. The minimum Gasteiger partial charge on any atom is -0.495 e. The summed E-state index contributed by atoms with van der Waals surface area (Å²) in [6, 6.07) is 7.18. The molecule has 1 aliphatic rings. The molecule has 1 aromatic carbocycles. The Bertz CT molecular complexity index is 775. The van der Waals surface area contributed by atoms with Crippen molar-refractivity contribution in [2.24, 2.45) is 0 Å². The molecule has 0 saturated carbocycles. The van der Waals surface area contributed by atoms with Gasteiger partial charge in [0.2, 0.25) is 0 Å². The van der Waals surface area contributed by atoms with Gasteiger partial charge in [-0.2, -0.15) is 0 Å². The summed E-state index contributed by atoms with van der Waals surface area (Å²) in [5.74, 6) is 5.70. The van der Waals surface area contributed by atoms with Crippen LogP contribution in [0.3, 0.4) is 0 Å². The third kappa shape index (κ3) is 4.72. The largest absolute Gasteiger partial charge is 0.495 e. The number of ether oxygens (including phenoxy) is 3. The van der Waals surface area contributed by atoms with E-state index in [1.54, 1.807) is 26.0 Å². The maximum absolute atomic E-state index is 13.4. The fourth-order valence-corrected chi connectivity index (χ4v) is 3.64. The Kier molecular flexibility index (Phi) is 8.06. The van der Waals surface area contributed by atoms with Crippen LogP contribution in [-0.4, -0.2) is 69.4 Å². The molecule has 1 amide bonds. The number of nitrogens with zero attached hydrogens (tertiary/aromatic N) is 2. The third-order valence-electron chi connectivity index (χ3n) is 5.40. The SMILES string of the molecule is CC#CCN1CCC(C(=O)OC)(N(C(=O)C(C)OC)c2ccccc2OC)CC1. The van der Waals surface area contributed by atoms with Gasteiger partial charge < -0.3 is 14.2 Å². The van der Waals surface area contributed by atoms with Gasteiger partial charge in [0, 0.05) is 20.2 Å². The van der Waals surface area contributed by atoms with Gasteiger partial charge in [0.25, 0.3) is 5.91 Å². The summed E-state index contributed by atoms with van der Waals surface area (Å²) in [6.07, 6.45) is 0.113. The van der Waals surface area contributed by atoms with Crippen LogP contribution in [0.1, 0.15) is 26.7 Å². The molecule has 0 bridgehead atoms. The van der Waals surface area contributed by atoms with Crippen molar-refractivity contribution in [2.45, 2.75) is 38.3 Å². The zero-order valence-corrected chi connectivity index (χ0v) is 17.9. The van der Waals surface area contributed by atoms with E-state index in [4.69, 9.17) is 14.2 Å². The molecule has 0 radical (unpaired) electrons. The monoisotopic (exact) mass is 402 g/mol. The molecule has 29 heavy (non-hydrogen) atoms. The molecule has 2 rings (SSSR count). The van der Waals surface area contributed by atoms with Crippen molar-refractivity contribution in [3.8, 4) is 17.6 Å². The number of hydrogen-bond acceptors (Lipinski definition) is 6. The number of carbonyl (C=O) groups excluding carboxylic acids is 2. The van der Waals surface area contributed by atoms with E-state index >= 15 is 0 Å². The molecule has 1 fully saturated rings. The highest BCUT2D eigenvalue weighted by Gasteiger charge is 2.51. The summed E-state index contributed by atoms with van der Waals surface area (Å²) in [6.45, 7) is 5.33. The lowest BCUT2D eigenvalue weighted by atomic mass is 9.84. The lowest BCUT2D eigenvalue weighted by molar-refractivity contribution is -0.151. The van der Waals surface area contributed by atoms with Gasteiger partial charge in [-0.05, 0) is 38.8 Å². The Morgan fingerprint density at radius 1 is 1.21 bits per heavy atom. The standard InChI is InChI=1S/C22H30N2O5/c1-6-7-14-23-15-12-22(13-16-23,21(26)29-5)24(20(25)17(2)27-3)18-10-8-9-11-19(18)28-4/h8-11,17H,12-16H2,1-5H3. The molecule has 1 atom stereocenters. The second-order valence-electron chi connectivity index (χ2n) is 6.95. The Morgan fingerprint density at radius 3 is 2.41 bits per heavy atom. The van der Waals surface area contributed by atoms with Crippen LogP contribution in [0.25, 0.3) is 0 Å². The van der Waals surface area contributed by atoms with Crippen molar-refractivity contribution in [3.63, 3.8) is 0 Å². The maximum Gasteiger partial charge on any atom is 0.332 e. The van der Waals surface area contributed by atoms with Crippen molar-refractivity contribution in [1.82, 2.24) is 4.90 Å². The fraction of sp³-hybridized carbons (Fsp3) is 0.545. The van der Waals surface area contributed by atoms with Gasteiger partial charge in [-0.1, -0.05) is 18.1 Å². The van der Waals surface area contributed by atoms with E-state index in [1.165, 1.54) is 26.2 Å². The van der Waals surface area contributed by atoms with Gasteiger partial charge in [0.15, 0.2) is 0 Å². The molecule has 1 aromatic rings. The number of esters is 1. The number of carbonyl (C=O) groups is 2. The van der Waals surface area contributed by atoms with E-state index in [0.717, 1.165) is 0 Å². The van der Waals surface area contributed by atoms with Crippen LogP contribution in [0.4, 0.5) is 5.69 Å². The first kappa shape index (κ1) is 22.7. The van der Waals surface area contributed by atoms with E-state index in [-0.39, 0.29) is 5.91 Å². The lowest BCUT2D eigenvalue weighted by Crippen LogP contribution is -2.64. The number of likely N-dealkylation sites (tertiary alicyclic amines) is 1. The first-order valence-electron chi connectivity index (χ1n) is 9.65. The summed E-state index contributed by atoms with van der Waals surface area (Å²) < 4.78 is 16.0. The van der Waals surface area contributed by atoms with Gasteiger partial charge in [0.1, 0.15) is 17.4 Å². The quantitative estimate of drug-likeness (QED) is 0.514. The number of amides is 1. The molecule has 0 N–H and O–H groups in total. The average Bonchev–Trinajstić information content (AvgIpc) is 2.77. The second-order valence-corrected chi connectivity index (χ2v) is 6.95. The number of piperidine rings is 1. The topological polar surface area (TPSA) is 68.3 Å². The third-order valence-corrected chi connectivity index (χ3v) is 5.40. The molecule has 1 unspecified atom stereocenters. The maximum atomic E-state index is 13.4. The van der Waals surface area contributed by atoms with Crippen LogP contribution >= 0.6 is 0 Å². The molecule has 1 aliphatic heterocycles. The Labute approximate surface area is 172 Å². The summed E-state index contributed by atoms with van der Waals surface area (Å²) in [7, 11) is 4.36. The van der Waals surface area contributed by atoms with Gasteiger partial charge >= 0.3 is 5.97 Å². The van der Waals surface area contributed by atoms with Gasteiger partial charge in [-0.15, -0.1) is 5.92 Å². The van der Waals surface area contributed by atoms with Crippen molar-refractivity contribution >= 4 is 17.6 Å². The fourth-order valence-electron chi connectivity index (χ4n) is 3.64. The zero-order chi connectivity index (χ0) is 21.4. The number of anilines is 1. The molecule has 0 aliphatic carbocycles. The summed E-state index contributed by atoms with van der Waals surface area (Å²) in [5, 5.41) is 0. The van der Waals surface area contributed by atoms with Crippen LogP contribution < -0.4 is 9.64 Å². The number of para-hydroxylation sites is 2. The first-order chi connectivity index (χ1) is 13.9. The van der Waals surface area contributed by atoms with Gasteiger partial charge in [-0.3, -0.25) is 14.6 Å². The minimum atomic E-state index is -1.15. The van der Waals surface area contributed by atoms with Crippen LogP contribution in [0, 0.1) is 11.8 Å². The molecule has 1 heterocycles. The van der Waals surface area contributed by atoms with Crippen LogP contribution in [0.2, 0.25) is 0 Å². The second kappa shape index (κ2) is 10.3. The highest BCUT2D eigenvalue weighted by Crippen LogP contribution is 2.39. The molecule has 0 aromatic heterocycles. The predicted octanol–water partition coefficient (Wildman–Crippen LogP) is 2.09. The average molecular weight is 402 g/mol. The minimum absolute atomic E-state index is 0.316. The highest BCUT2D eigenvalue weighted by molar-refractivity contribution is 6.05. The Morgan fingerprint density at radius 2 is 1.86 bits per heavy atom. The number of benzene rings is 1. The molecule has 158 valence electrons. The van der Waals surface area contributed by atoms with Gasteiger partial charge in [-0.25, -0.2) is 4.79 Å². The Hall–Kier alpha value is -2.56. The number of rotatable bonds is 7. The highest BCUT2D eigenvalue weighted by atomic mass is 16.5. The van der Waals surface area contributed by atoms with E-state index < -0.39 is 17.6 Å². The molecular weight excluding hydrogens is 372 g/mol. The molecule has 7 heteroatoms. The van der Waals surface area contributed by atoms with E-state index in [2.05, 4.69) is 16.7 Å². The van der Waals surface area contributed by atoms with Crippen molar-refractivity contribution < 1.29 is 23.8 Å². The van der Waals surface area contributed by atoms with Crippen LogP contribution in [-0.2, 0) is 19.1 Å². The van der Waals surface area contributed by atoms with Crippen molar-refractivity contribution in [3.05, 3.63) is 24.3 Å². The molecule has 1 saturated heterocycles. The molecule has 0 spiro atoms. The summed E-state index contributed by atoms with van der Waals surface area (Å²) >= 11 is 0. The number of methoxy groups -OCH3 is 3. The van der Waals surface area contributed by atoms with Crippen LogP contribution in [0.5, 0.6) is 5.75 Å². The lowest BCUT2D eigenvalue weighted by Gasteiger charge is -2.47. The van der Waals surface area contributed by atoms with Crippen molar-refractivity contribution in [1.29, 1.82) is 0 Å². The smallest absolute Gasteiger partial charge is 0.332 e. The van der Waals surface area contributed by atoms with E-state index in [1.807, 2.05) is 12.1 Å². The number of hydrogen-bond donors (Lipinski definition) is 0. The zero-order valence-electron chi connectivity index (χ0n) is 17.9. The van der Waals surface area contributed by atoms with E-state index in [9.17, 15) is 9.59 Å². The molecule has 7 nitrogen and oxygen atoms in total. The predicted molar refractivity (Wildman–Crippen MR) is 111 cm³/mol. The van der Waals surface area contributed by atoms with Crippen LogP contribution in [0.15, 0.2) is 24.3 Å². The van der Waals surface area contributed by atoms with Crippen molar-refractivity contribution in [2.75, 3.05) is 45.9 Å². The van der Waals surface area contributed by atoms with E-state index in [0.29, 0.717) is 43.9 Å². The Balaban J connectivity index is 2.55.